The van der Waals surface area contributed by atoms with Crippen LogP contribution in [-0.2, 0) is 4.74 Å². The monoisotopic (exact) mass is 262 g/mol. The number of pyridine rings is 1. The maximum Gasteiger partial charge on any atom is 0.341 e. The van der Waals surface area contributed by atoms with Gasteiger partial charge in [0.1, 0.15) is 19.2 Å². The number of carbonyl (C=O) groups excluding carboxylic acids is 1. The van der Waals surface area contributed by atoms with Crippen LogP contribution in [0.25, 0.3) is 0 Å². The quantitative estimate of drug-likeness (QED) is 0.649. The minimum absolute atomic E-state index is 0.366. The Labute approximate surface area is 112 Å². The van der Waals surface area contributed by atoms with E-state index in [2.05, 4.69) is 10.3 Å². The Morgan fingerprint density at radius 1 is 1.56 bits per heavy atom. The third-order valence-electron chi connectivity index (χ3n) is 2.88. The van der Waals surface area contributed by atoms with E-state index >= 15 is 0 Å². The Morgan fingerprint density at radius 3 is 2.94 bits per heavy atom. The summed E-state index contributed by atoms with van der Waals surface area (Å²) in [5.74, 6) is 2.43. The molecule has 4 nitrogen and oxygen atoms in total. The third-order valence-corrected chi connectivity index (χ3v) is 3.93. The Balaban J connectivity index is 2.17. The van der Waals surface area contributed by atoms with Crippen LogP contribution in [0.2, 0.25) is 0 Å². The van der Waals surface area contributed by atoms with Gasteiger partial charge in [0, 0.05) is 12.2 Å². The molecule has 0 bridgehead atoms. The molecule has 0 amide bonds. The van der Waals surface area contributed by atoms with Crippen molar-refractivity contribution in [1.29, 1.82) is 0 Å². The van der Waals surface area contributed by atoms with Crippen molar-refractivity contribution >= 4 is 36.9 Å². The molecule has 1 aliphatic rings. The first-order chi connectivity index (χ1) is 8.70. The molecule has 94 valence electrons. The van der Waals surface area contributed by atoms with Crippen molar-refractivity contribution in [1.82, 2.24) is 4.98 Å². The molecule has 0 saturated carbocycles. The average Bonchev–Trinajstić information content (AvgIpc) is 2.41. The first kappa shape index (κ1) is 13.3. The lowest BCUT2D eigenvalue weighted by molar-refractivity contribution is 0.0601. The Bertz CT molecular complexity index is 436. The molecule has 18 heavy (non-hydrogen) atoms. The number of hydrogen-bond donors (Lipinski definition) is 1. The first-order valence-electron chi connectivity index (χ1n) is 5.89. The van der Waals surface area contributed by atoms with E-state index < -0.39 is 5.97 Å². The number of carbonyl (C=O) groups is 1. The standard InChI is InChI=1S/C12H15BN2O2S/c1-17-12(16)10-6-8(13)7-14-11(10)15-9-2-4-18-5-3-9/h6-7,9H,2-5H2,1H3,(H,14,15). The van der Waals surface area contributed by atoms with Gasteiger partial charge in [-0.15, -0.1) is 0 Å². The predicted octanol–water partition coefficient (Wildman–Crippen LogP) is 0.970. The van der Waals surface area contributed by atoms with E-state index in [0.29, 0.717) is 22.9 Å². The highest BCUT2D eigenvalue weighted by molar-refractivity contribution is 7.99. The van der Waals surface area contributed by atoms with E-state index in [-0.39, 0.29) is 0 Å². The number of ether oxygens (including phenoxy) is 1. The Morgan fingerprint density at radius 2 is 2.28 bits per heavy atom. The lowest BCUT2D eigenvalue weighted by Gasteiger charge is -2.24. The lowest BCUT2D eigenvalue weighted by Crippen LogP contribution is -2.27. The molecule has 1 saturated heterocycles. The predicted molar refractivity (Wildman–Crippen MR) is 74.9 cm³/mol. The van der Waals surface area contributed by atoms with Gasteiger partial charge in [-0.25, -0.2) is 9.78 Å². The molecule has 1 aliphatic heterocycles. The van der Waals surface area contributed by atoms with E-state index in [1.165, 1.54) is 7.11 Å². The molecule has 0 aliphatic carbocycles. The summed E-state index contributed by atoms with van der Waals surface area (Å²) < 4.78 is 4.74. The van der Waals surface area contributed by atoms with Gasteiger partial charge in [-0.1, -0.05) is 5.46 Å². The zero-order valence-corrected chi connectivity index (χ0v) is 11.1. The molecule has 1 aromatic rings. The fourth-order valence-corrected chi connectivity index (χ4v) is 3.00. The molecule has 1 N–H and O–H groups in total. The second kappa shape index (κ2) is 6.13. The van der Waals surface area contributed by atoms with Crippen molar-refractivity contribution in [2.45, 2.75) is 18.9 Å². The Hall–Kier alpha value is -1.17. The second-order valence-electron chi connectivity index (χ2n) is 4.19. The molecule has 1 aromatic heterocycles. The fraction of sp³-hybridized carbons (Fsp3) is 0.500. The number of methoxy groups -OCH3 is 1. The van der Waals surface area contributed by atoms with Crippen LogP contribution in [0.1, 0.15) is 23.2 Å². The zero-order chi connectivity index (χ0) is 13.0. The summed E-state index contributed by atoms with van der Waals surface area (Å²) in [7, 11) is 7.01. The molecule has 1 fully saturated rings. The van der Waals surface area contributed by atoms with Crippen LogP contribution in [0.5, 0.6) is 0 Å². The summed E-state index contributed by atoms with van der Waals surface area (Å²) >= 11 is 1.95. The molecule has 2 radical (unpaired) electrons. The minimum atomic E-state index is -0.414. The summed E-state index contributed by atoms with van der Waals surface area (Å²) in [5.41, 5.74) is 0.857. The number of thioether (sulfide) groups is 1. The highest BCUT2D eigenvalue weighted by Gasteiger charge is 2.18. The second-order valence-corrected chi connectivity index (χ2v) is 5.41. The zero-order valence-electron chi connectivity index (χ0n) is 10.3. The lowest BCUT2D eigenvalue weighted by atomic mass is 9.96. The molecule has 2 rings (SSSR count). The van der Waals surface area contributed by atoms with Crippen LogP contribution in [0.15, 0.2) is 12.3 Å². The summed E-state index contributed by atoms with van der Waals surface area (Å²) in [4.78, 5) is 15.9. The van der Waals surface area contributed by atoms with Gasteiger partial charge >= 0.3 is 5.97 Å². The summed E-state index contributed by atoms with van der Waals surface area (Å²) in [6.07, 6.45) is 3.71. The number of hydrogen-bond acceptors (Lipinski definition) is 5. The number of rotatable bonds is 3. The molecule has 0 aromatic carbocycles. The maximum atomic E-state index is 11.7. The van der Waals surface area contributed by atoms with Crippen molar-refractivity contribution in [3.05, 3.63) is 17.8 Å². The highest BCUT2D eigenvalue weighted by Crippen LogP contribution is 2.21. The highest BCUT2D eigenvalue weighted by atomic mass is 32.2. The topological polar surface area (TPSA) is 51.2 Å². The maximum absolute atomic E-state index is 11.7. The molecule has 2 heterocycles. The number of nitrogens with zero attached hydrogens (tertiary/aromatic N) is 1. The van der Waals surface area contributed by atoms with Gasteiger partial charge in [0.2, 0.25) is 0 Å². The van der Waals surface area contributed by atoms with Crippen LogP contribution in [0, 0.1) is 0 Å². The first-order valence-corrected chi connectivity index (χ1v) is 7.04. The Kier molecular flexibility index (Phi) is 4.52. The van der Waals surface area contributed by atoms with Gasteiger partial charge in [-0.2, -0.15) is 11.8 Å². The van der Waals surface area contributed by atoms with Gasteiger partial charge in [0.25, 0.3) is 0 Å². The SMILES string of the molecule is [B]c1cnc(NC2CCSCC2)c(C(=O)OC)c1. The van der Waals surface area contributed by atoms with E-state index in [1.807, 2.05) is 11.8 Å². The molecule has 0 atom stereocenters. The van der Waals surface area contributed by atoms with Gasteiger partial charge in [-0.05, 0) is 30.4 Å². The summed E-state index contributed by atoms with van der Waals surface area (Å²) in [6, 6.07) is 1.96. The van der Waals surface area contributed by atoms with Crippen molar-refractivity contribution < 1.29 is 9.53 Å². The molecule has 0 spiro atoms. The number of aromatic nitrogens is 1. The fourth-order valence-electron chi connectivity index (χ4n) is 1.90. The molecule has 6 heteroatoms. The summed E-state index contributed by atoms with van der Waals surface area (Å²) in [5, 5.41) is 3.31. The van der Waals surface area contributed by atoms with Gasteiger partial charge in [0.05, 0.1) is 7.11 Å². The van der Waals surface area contributed by atoms with Crippen LogP contribution in [-0.4, -0.2) is 43.5 Å². The molecular formula is C12H15BN2O2S. The van der Waals surface area contributed by atoms with Crippen LogP contribution >= 0.6 is 11.8 Å². The smallest absolute Gasteiger partial charge is 0.341 e. The molecular weight excluding hydrogens is 247 g/mol. The van der Waals surface area contributed by atoms with E-state index in [1.54, 1.807) is 12.3 Å². The average molecular weight is 262 g/mol. The van der Waals surface area contributed by atoms with Gasteiger partial charge in [0.15, 0.2) is 0 Å². The van der Waals surface area contributed by atoms with Crippen LogP contribution < -0.4 is 10.8 Å². The minimum Gasteiger partial charge on any atom is -0.465 e. The number of anilines is 1. The van der Waals surface area contributed by atoms with Gasteiger partial charge in [-0.3, -0.25) is 0 Å². The van der Waals surface area contributed by atoms with E-state index in [0.717, 1.165) is 24.3 Å². The van der Waals surface area contributed by atoms with E-state index in [4.69, 9.17) is 12.6 Å². The number of nitrogens with one attached hydrogen (secondary N) is 1. The number of esters is 1. The van der Waals surface area contributed by atoms with Crippen LogP contribution in [0.4, 0.5) is 5.82 Å². The van der Waals surface area contributed by atoms with Crippen molar-refractivity contribution in [3.8, 4) is 0 Å². The van der Waals surface area contributed by atoms with Gasteiger partial charge < -0.3 is 10.1 Å². The van der Waals surface area contributed by atoms with Crippen molar-refractivity contribution in [3.63, 3.8) is 0 Å². The normalized spacial score (nSPS) is 16.3. The van der Waals surface area contributed by atoms with E-state index in [9.17, 15) is 4.79 Å². The third kappa shape index (κ3) is 3.19. The van der Waals surface area contributed by atoms with Crippen molar-refractivity contribution in [2.24, 2.45) is 0 Å². The van der Waals surface area contributed by atoms with Crippen LogP contribution in [0.3, 0.4) is 0 Å². The van der Waals surface area contributed by atoms with Crippen molar-refractivity contribution in [2.75, 3.05) is 23.9 Å². The summed E-state index contributed by atoms with van der Waals surface area (Å²) in [6.45, 7) is 0. The molecule has 0 unspecified atom stereocenters. The largest absolute Gasteiger partial charge is 0.465 e.